The number of furan rings is 1. The first-order valence-electron chi connectivity index (χ1n) is 3.52. The van der Waals surface area contributed by atoms with E-state index in [9.17, 15) is 0 Å². The molecule has 1 heterocycles. The molecule has 62 valence electrons. The van der Waals surface area contributed by atoms with Crippen molar-refractivity contribution in [2.45, 2.75) is 0 Å². The second-order valence-electron chi connectivity index (χ2n) is 2.10. The van der Waals surface area contributed by atoms with Crippen molar-refractivity contribution in [3.63, 3.8) is 0 Å². The molecule has 0 fully saturated rings. The van der Waals surface area contributed by atoms with Crippen molar-refractivity contribution in [1.29, 1.82) is 0 Å². The summed E-state index contributed by atoms with van der Waals surface area (Å²) in [6.45, 7) is 0. The molecule has 0 amide bonds. The smallest absolute Gasteiger partial charge is 0.432 e. The van der Waals surface area contributed by atoms with Gasteiger partial charge in [-0.1, -0.05) is 18.2 Å². The minimum atomic E-state index is -0.750. The summed E-state index contributed by atoms with van der Waals surface area (Å²) in [6.07, 6.45) is 1.70. The monoisotopic (exact) mass is 164 g/mol. The molecule has 0 unspecified atom stereocenters. The van der Waals surface area contributed by atoms with Crippen molar-refractivity contribution in [2.24, 2.45) is 0 Å². The largest absolute Gasteiger partial charge is 0.464 e. The molecule has 0 aliphatic rings. The van der Waals surface area contributed by atoms with E-state index >= 15 is 0 Å². The van der Waals surface area contributed by atoms with Crippen LogP contribution in [0.4, 0.5) is 0 Å². The molecule has 0 atom stereocenters. The van der Waals surface area contributed by atoms with E-state index in [4.69, 9.17) is 14.5 Å². The predicted octanol–water partition coefficient (Wildman–Crippen LogP) is 0.670. The van der Waals surface area contributed by atoms with Crippen LogP contribution in [0.5, 0.6) is 0 Å². The quantitative estimate of drug-likeness (QED) is 0.562. The maximum Gasteiger partial charge on any atom is 0.432 e. The van der Waals surface area contributed by atoms with Crippen molar-refractivity contribution in [3.05, 3.63) is 36.6 Å². The lowest BCUT2D eigenvalue weighted by Gasteiger charge is -1.81. The van der Waals surface area contributed by atoms with Crippen molar-refractivity contribution in [3.8, 4) is 0 Å². The molecule has 1 aromatic carbocycles. The van der Waals surface area contributed by atoms with Gasteiger partial charge in [-0.05, 0) is 12.1 Å². The van der Waals surface area contributed by atoms with E-state index in [1.807, 2.05) is 30.3 Å². The summed E-state index contributed by atoms with van der Waals surface area (Å²) in [4.78, 5) is 0. The van der Waals surface area contributed by atoms with Gasteiger partial charge < -0.3 is 14.5 Å². The summed E-state index contributed by atoms with van der Waals surface area (Å²) in [6, 6.07) is 9.90. The Morgan fingerprint density at radius 1 is 1.08 bits per heavy atom. The Labute approximate surface area is 70.6 Å². The third-order valence-electron chi connectivity index (χ3n) is 1.36. The van der Waals surface area contributed by atoms with Gasteiger partial charge in [0.2, 0.25) is 0 Å². The summed E-state index contributed by atoms with van der Waals surface area (Å²) >= 11 is 0. The Morgan fingerprint density at radius 2 is 1.75 bits per heavy atom. The topological polar surface area (TPSA) is 53.6 Å². The number of rotatable bonds is 0. The molecular weight excluding hydrogens is 155 g/mol. The van der Waals surface area contributed by atoms with Crippen LogP contribution in [0.3, 0.4) is 0 Å². The SMILES string of the molecule is OBO.c1ccc2occc2c1. The average Bonchev–Trinajstić information content (AvgIpc) is 2.52. The van der Waals surface area contributed by atoms with Gasteiger partial charge in [-0.15, -0.1) is 0 Å². The first-order valence-corrected chi connectivity index (χ1v) is 3.52. The van der Waals surface area contributed by atoms with E-state index in [2.05, 4.69) is 0 Å². The van der Waals surface area contributed by atoms with Gasteiger partial charge in [0.15, 0.2) is 0 Å². The normalized spacial score (nSPS) is 8.83. The fourth-order valence-electron chi connectivity index (χ4n) is 0.906. The van der Waals surface area contributed by atoms with E-state index in [1.54, 1.807) is 6.26 Å². The van der Waals surface area contributed by atoms with Crippen molar-refractivity contribution >= 4 is 18.7 Å². The van der Waals surface area contributed by atoms with Gasteiger partial charge in [0.05, 0.1) is 6.26 Å². The highest BCUT2D eigenvalue weighted by atomic mass is 16.4. The van der Waals surface area contributed by atoms with Crippen LogP contribution in [0, 0.1) is 0 Å². The number of fused-ring (bicyclic) bond motifs is 1. The Hall–Kier alpha value is -1.26. The van der Waals surface area contributed by atoms with E-state index in [-0.39, 0.29) is 0 Å². The molecule has 0 spiro atoms. The van der Waals surface area contributed by atoms with Gasteiger partial charge in [-0.25, -0.2) is 0 Å². The fourth-order valence-corrected chi connectivity index (χ4v) is 0.906. The lowest BCUT2D eigenvalue weighted by atomic mass is 10.3. The first kappa shape index (κ1) is 8.84. The van der Waals surface area contributed by atoms with Gasteiger partial charge in [0.25, 0.3) is 0 Å². The Balaban J connectivity index is 0.000000213. The number of hydrogen-bond donors (Lipinski definition) is 2. The molecule has 0 saturated carbocycles. The molecule has 0 bridgehead atoms. The minimum Gasteiger partial charge on any atom is -0.464 e. The average molecular weight is 164 g/mol. The van der Waals surface area contributed by atoms with E-state index < -0.39 is 7.69 Å². The number of para-hydroxylation sites is 1. The summed E-state index contributed by atoms with van der Waals surface area (Å²) in [5.41, 5.74) is 0.956. The zero-order valence-electron chi connectivity index (χ0n) is 6.47. The molecule has 2 N–H and O–H groups in total. The summed E-state index contributed by atoms with van der Waals surface area (Å²) < 4.78 is 5.12. The fraction of sp³-hybridized carbons (Fsp3) is 0. The standard InChI is InChI=1S/C8H6O.BH3O2/c1-2-4-8-7(3-1)5-6-9-8;2-1-3/h1-6H;1-3H. The van der Waals surface area contributed by atoms with Crippen molar-refractivity contribution in [1.82, 2.24) is 0 Å². The first-order chi connectivity index (χ1) is 5.88. The lowest BCUT2D eigenvalue weighted by Crippen LogP contribution is -1.75. The zero-order chi connectivity index (χ0) is 8.81. The Kier molecular flexibility index (Phi) is 3.38. The van der Waals surface area contributed by atoms with Crippen molar-refractivity contribution < 1.29 is 14.5 Å². The zero-order valence-corrected chi connectivity index (χ0v) is 6.47. The number of benzene rings is 1. The van der Waals surface area contributed by atoms with Gasteiger partial charge in [-0.3, -0.25) is 0 Å². The lowest BCUT2D eigenvalue weighted by molar-refractivity contribution is 0.448. The Bertz CT molecular complexity index is 301. The van der Waals surface area contributed by atoms with Crippen LogP contribution in [-0.4, -0.2) is 17.7 Å². The maximum atomic E-state index is 7.12. The van der Waals surface area contributed by atoms with Gasteiger partial charge in [0, 0.05) is 5.39 Å². The van der Waals surface area contributed by atoms with E-state index in [1.165, 1.54) is 0 Å². The summed E-state index contributed by atoms with van der Waals surface area (Å²) in [5.74, 6) is 0. The van der Waals surface area contributed by atoms with Crippen LogP contribution in [0.15, 0.2) is 41.0 Å². The molecule has 2 aromatic rings. The summed E-state index contributed by atoms with van der Waals surface area (Å²) in [7, 11) is -0.750. The third-order valence-corrected chi connectivity index (χ3v) is 1.36. The molecule has 0 saturated heterocycles. The van der Waals surface area contributed by atoms with Gasteiger partial charge >= 0.3 is 7.69 Å². The molecule has 0 radical (unpaired) electrons. The van der Waals surface area contributed by atoms with Crippen molar-refractivity contribution in [2.75, 3.05) is 0 Å². The van der Waals surface area contributed by atoms with Crippen LogP contribution in [0.25, 0.3) is 11.0 Å². The highest BCUT2D eigenvalue weighted by Crippen LogP contribution is 2.12. The van der Waals surface area contributed by atoms with Crippen LogP contribution >= 0.6 is 0 Å². The second-order valence-corrected chi connectivity index (χ2v) is 2.10. The highest BCUT2D eigenvalue weighted by Gasteiger charge is 1.89. The van der Waals surface area contributed by atoms with E-state index in [0.717, 1.165) is 11.0 Å². The summed E-state index contributed by atoms with van der Waals surface area (Å²) in [5, 5.41) is 15.4. The van der Waals surface area contributed by atoms with Crippen LogP contribution in [-0.2, 0) is 0 Å². The highest BCUT2D eigenvalue weighted by molar-refractivity contribution is 6.13. The second kappa shape index (κ2) is 4.59. The molecule has 1 aromatic heterocycles. The molecule has 0 aliphatic heterocycles. The minimum absolute atomic E-state index is 0.750. The molecule has 2 rings (SSSR count). The molecule has 4 heteroatoms. The molecule has 12 heavy (non-hydrogen) atoms. The van der Waals surface area contributed by atoms with Crippen LogP contribution in [0.1, 0.15) is 0 Å². The van der Waals surface area contributed by atoms with E-state index in [0.29, 0.717) is 0 Å². The van der Waals surface area contributed by atoms with Gasteiger partial charge in [0.1, 0.15) is 5.58 Å². The third kappa shape index (κ3) is 2.12. The predicted molar refractivity (Wildman–Crippen MR) is 47.8 cm³/mol. The van der Waals surface area contributed by atoms with Gasteiger partial charge in [-0.2, -0.15) is 0 Å². The maximum absolute atomic E-state index is 7.12. The molecule has 0 aliphatic carbocycles. The van der Waals surface area contributed by atoms with Crippen LogP contribution < -0.4 is 0 Å². The molecule has 3 nitrogen and oxygen atoms in total. The molecular formula is C8H9BO3. The number of hydrogen-bond acceptors (Lipinski definition) is 3. The Morgan fingerprint density at radius 3 is 2.42 bits per heavy atom. The van der Waals surface area contributed by atoms with Crippen LogP contribution in [0.2, 0.25) is 0 Å².